The van der Waals surface area contributed by atoms with E-state index in [2.05, 4.69) is 50.1 Å². The van der Waals surface area contributed by atoms with Gasteiger partial charge in [-0.05, 0) is 33.2 Å². The van der Waals surface area contributed by atoms with E-state index >= 15 is 0 Å². The Labute approximate surface area is 128 Å². The quantitative estimate of drug-likeness (QED) is 0.817. The zero-order valence-corrected chi connectivity index (χ0v) is 14.1. The second-order valence-corrected chi connectivity index (χ2v) is 6.05. The second-order valence-electron chi connectivity index (χ2n) is 6.05. The van der Waals surface area contributed by atoms with Crippen molar-refractivity contribution in [1.82, 2.24) is 15.1 Å². The van der Waals surface area contributed by atoms with Crippen LogP contribution in [0.5, 0.6) is 0 Å². The molecule has 120 valence electrons. The molecular weight excluding hydrogens is 264 g/mol. The average molecular weight is 294 g/mol. The van der Waals surface area contributed by atoms with E-state index < -0.39 is 0 Å². The number of hydrogen-bond acceptors (Lipinski definition) is 4. The van der Waals surface area contributed by atoms with Crippen LogP contribution in [0, 0.1) is 6.92 Å². The van der Waals surface area contributed by atoms with Crippen molar-refractivity contribution in [3.05, 3.63) is 11.3 Å². The summed E-state index contributed by atoms with van der Waals surface area (Å²) < 4.78 is 7.87. The standard InChI is InChI=1S/C16H30N4O/c1-6-8-17-9-15-13(4)18-19(5)16(15)20-10-12(3)21-11-14(20)7-2/h12,14,17H,6-11H2,1-5H3. The van der Waals surface area contributed by atoms with Gasteiger partial charge in [-0.3, -0.25) is 4.68 Å². The van der Waals surface area contributed by atoms with Crippen LogP contribution in [0.25, 0.3) is 0 Å². The summed E-state index contributed by atoms with van der Waals surface area (Å²) in [6.45, 7) is 12.4. The highest BCUT2D eigenvalue weighted by atomic mass is 16.5. The zero-order chi connectivity index (χ0) is 15.4. The third kappa shape index (κ3) is 3.58. The van der Waals surface area contributed by atoms with Crippen molar-refractivity contribution >= 4 is 5.82 Å². The maximum Gasteiger partial charge on any atom is 0.131 e. The number of aromatic nitrogens is 2. The summed E-state index contributed by atoms with van der Waals surface area (Å²) in [5.74, 6) is 1.26. The fourth-order valence-electron chi connectivity index (χ4n) is 3.09. The average Bonchev–Trinajstić information content (AvgIpc) is 2.73. The highest BCUT2D eigenvalue weighted by molar-refractivity contribution is 5.51. The molecule has 0 bridgehead atoms. The van der Waals surface area contributed by atoms with Gasteiger partial charge in [-0.25, -0.2) is 0 Å². The summed E-state index contributed by atoms with van der Waals surface area (Å²) in [6, 6.07) is 0.445. The van der Waals surface area contributed by atoms with Gasteiger partial charge in [-0.1, -0.05) is 13.8 Å². The molecule has 1 aromatic heterocycles. The summed E-state index contributed by atoms with van der Waals surface area (Å²) in [6.07, 6.45) is 2.53. The molecule has 2 atom stereocenters. The Kier molecular flexibility index (Phi) is 5.65. The monoisotopic (exact) mass is 294 g/mol. The van der Waals surface area contributed by atoms with Gasteiger partial charge in [0, 0.05) is 25.7 Å². The van der Waals surface area contributed by atoms with E-state index in [-0.39, 0.29) is 6.10 Å². The van der Waals surface area contributed by atoms with Crippen molar-refractivity contribution in [1.29, 1.82) is 0 Å². The molecule has 21 heavy (non-hydrogen) atoms. The van der Waals surface area contributed by atoms with Gasteiger partial charge in [0.25, 0.3) is 0 Å². The predicted octanol–water partition coefficient (Wildman–Crippen LogP) is 2.23. The van der Waals surface area contributed by atoms with Crippen LogP contribution >= 0.6 is 0 Å². The number of anilines is 1. The number of nitrogens with one attached hydrogen (secondary N) is 1. The number of ether oxygens (including phenoxy) is 1. The van der Waals surface area contributed by atoms with Crippen LogP contribution in [-0.2, 0) is 18.3 Å². The van der Waals surface area contributed by atoms with Crippen LogP contribution in [0.4, 0.5) is 5.82 Å². The van der Waals surface area contributed by atoms with Crippen molar-refractivity contribution in [2.45, 2.75) is 59.2 Å². The van der Waals surface area contributed by atoms with E-state index in [1.54, 1.807) is 0 Å². The van der Waals surface area contributed by atoms with Crippen LogP contribution in [0.1, 0.15) is 44.9 Å². The minimum Gasteiger partial charge on any atom is -0.375 e. The molecule has 0 spiro atoms. The van der Waals surface area contributed by atoms with Crippen LogP contribution in [0.15, 0.2) is 0 Å². The molecule has 5 heteroatoms. The van der Waals surface area contributed by atoms with E-state index in [4.69, 9.17) is 4.74 Å². The molecule has 2 unspecified atom stereocenters. The van der Waals surface area contributed by atoms with Crippen molar-refractivity contribution in [2.24, 2.45) is 7.05 Å². The SMILES string of the molecule is CCCNCc1c(C)nn(C)c1N1CC(C)OCC1CC. The molecule has 0 radical (unpaired) electrons. The molecule has 1 fully saturated rings. The number of morpholine rings is 1. The van der Waals surface area contributed by atoms with E-state index in [9.17, 15) is 0 Å². The van der Waals surface area contributed by atoms with Crippen molar-refractivity contribution in [2.75, 3.05) is 24.6 Å². The Bertz CT molecular complexity index is 457. The third-order valence-corrected chi connectivity index (χ3v) is 4.25. The molecular formula is C16H30N4O. The molecule has 1 aromatic rings. The lowest BCUT2D eigenvalue weighted by molar-refractivity contribution is 0.0292. The number of nitrogens with zero attached hydrogens (tertiary/aromatic N) is 3. The van der Waals surface area contributed by atoms with Crippen molar-refractivity contribution in [3.63, 3.8) is 0 Å². The lowest BCUT2D eigenvalue weighted by Gasteiger charge is -2.40. The molecule has 1 aliphatic heterocycles. The summed E-state index contributed by atoms with van der Waals surface area (Å²) in [4.78, 5) is 2.50. The maximum atomic E-state index is 5.83. The highest BCUT2D eigenvalue weighted by Gasteiger charge is 2.30. The highest BCUT2D eigenvalue weighted by Crippen LogP contribution is 2.28. The minimum absolute atomic E-state index is 0.277. The van der Waals surface area contributed by atoms with Gasteiger partial charge in [-0.15, -0.1) is 0 Å². The summed E-state index contributed by atoms with van der Waals surface area (Å²) >= 11 is 0. The zero-order valence-electron chi connectivity index (χ0n) is 14.1. The first-order valence-corrected chi connectivity index (χ1v) is 8.19. The van der Waals surface area contributed by atoms with Gasteiger partial charge in [0.1, 0.15) is 5.82 Å². The van der Waals surface area contributed by atoms with Gasteiger partial charge in [-0.2, -0.15) is 5.10 Å². The first-order chi connectivity index (χ1) is 10.1. The van der Waals surface area contributed by atoms with Crippen LogP contribution in [0.3, 0.4) is 0 Å². The van der Waals surface area contributed by atoms with Gasteiger partial charge in [0.15, 0.2) is 0 Å². The Morgan fingerprint density at radius 1 is 1.38 bits per heavy atom. The summed E-state index contributed by atoms with van der Waals surface area (Å²) in [5, 5.41) is 8.17. The Morgan fingerprint density at radius 3 is 2.81 bits per heavy atom. The lowest BCUT2D eigenvalue weighted by Crippen LogP contribution is -2.49. The molecule has 0 amide bonds. The van der Waals surface area contributed by atoms with E-state index in [1.807, 2.05) is 4.68 Å². The molecule has 0 saturated carbocycles. The van der Waals surface area contributed by atoms with Gasteiger partial charge in [0.05, 0.1) is 24.4 Å². The summed E-state index contributed by atoms with van der Waals surface area (Å²) in [5.41, 5.74) is 2.46. The third-order valence-electron chi connectivity index (χ3n) is 4.25. The molecule has 0 aromatic carbocycles. The van der Waals surface area contributed by atoms with Crippen LogP contribution in [0.2, 0.25) is 0 Å². The van der Waals surface area contributed by atoms with E-state index in [0.717, 1.165) is 44.8 Å². The smallest absolute Gasteiger partial charge is 0.131 e. The Balaban J connectivity index is 2.27. The molecule has 1 saturated heterocycles. The van der Waals surface area contributed by atoms with E-state index in [0.29, 0.717) is 6.04 Å². The second kappa shape index (κ2) is 7.27. The maximum absolute atomic E-state index is 5.83. The van der Waals surface area contributed by atoms with Crippen LogP contribution < -0.4 is 10.2 Å². The normalized spacial score (nSPS) is 22.8. The van der Waals surface area contributed by atoms with Crippen molar-refractivity contribution < 1.29 is 4.74 Å². The number of hydrogen-bond donors (Lipinski definition) is 1. The number of aryl methyl sites for hydroxylation is 2. The van der Waals surface area contributed by atoms with Gasteiger partial charge < -0.3 is 15.0 Å². The summed E-state index contributed by atoms with van der Waals surface area (Å²) in [7, 11) is 2.05. The molecule has 0 aliphatic carbocycles. The Hall–Kier alpha value is -1.07. The molecule has 2 heterocycles. The number of rotatable bonds is 6. The molecule has 5 nitrogen and oxygen atoms in total. The molecule has 1 aliphatic rings. The van der Waals surface area contributed by atoms with E-state index in [1.165, 1.54) is 11.4 Å². The first kappa shape index (κ1) is 16.3. The van der Waals surface area contributed by atoms with Crippen LogP contribution in [-0.4, -0.2) is 41.6 Å². The molecule has 2 rings (SSSR count). The van der Waals surface area contributed by atoms with Crippen molar-refractivity contribution in [3.8, 4) is 0 Å². The fraction of sp³-hybridized carbons (Fsp3) is 0.812. The van der Waals surface area contributed by atoms with Gasteiger partial charge >= 0.3 is 0 Å². The minimum atomic E-state index is 0.277. The predicted molar refractivity (Wildman–Crippen MR) is 86.8 cm³/mol. The molecule has 1 N–H and O–H groups in total. The lowest BCUT2D eigenvalue weighted by atomic mass is 10.1. The first-order valence-electron chi connectivity index (χ1n) is 8.19. The topological polar surface area (TPSA) is 42.3 Å². The fourth-order valence-corrected chi connectivity index (χ4v) is 3.09. The largest absolute Gasteiger partial charge is 0.375 e. The Morgan fingerprint density at radius 2 is 2.14 bits per heavy atom. The van der Waals surface area contributed by atoms with Gasteiger partial charge in [0.2, 0.25) is 0 Å².